The molecule has 1 fully saturated rings. The SMILES string of the molecule is CC(C)(C)OC(=O)NCCNCCOC1CC1. The lowest BCUT2D eigenvalue weighted by atomic mass is 10.2. The molecule has 17 heavy (non-hydrogen) atoms. The first kappa shape index (κ1) is 14.3. The zero-order valence-corrected chi connectivity index (χ0v) is 11.0. The molecule has 0 heterocycles. The van der Waals surface area contributed by atoms with Crippen molar-refractivity contribution in [2.24, 2.45) is 0 Å². The Morgan fingerprint density at radius 3 is 2.53 bits per heavy atom. The Labute approximate surface area is 103 Å². The predicted molar refractivity (Wildman–Crippen MR) is 66.1 cm³/mol. The van der Waals surface area contributed by atoms with Crippen molar-refractivity contribution in [2.45, 2.75) is 45.3 Å². The summed E-state index contributed by atoms with van der Waals surface area (Å²) in [5.74, 6) is 0. The van der Waals surface area contributed by atoms with Gasteiger partial charge < -0.3 is 20.1 Å². The first-order chi connectivity index (χ1) is 7.97. The van der Waals surface area contributed by atoms with E-state index in [1.165, 1.54) is 12.8 Å². The molecule has 0 unspecified atom stereocenters. The van der Waals surface area contributed by atoms with Gasteiger partial charge in [0.15, 0.2) is 0 Å². The molecule has 0 saturated heterocycles. The Morgan fingerprint density at radius 2 is 1.94 bits per heavy atom. The third kappa shape index (κ3) is 8.94. The van der Waals surface area contributed by atoms with Gasteiger partial charge in [0.25, 0.3) is 0 Å². The van der Waals surface area contributed by atoms with E-state index in [0.717, 1.165) is 19.7 Å². The fraction of sp³-hybridized carbons (Fsp3) is 0.917. The van der Waals surface area contributed by atoms with Crippen LogP contribution in [-0.2, 0) is 9.47 Å². The van der Waals surface area contributed by atoms with Gasteiger partial charge in [-0.1, -0.05) is 0 Å². The van der Waals surface area contributed by atoms with Crippen molar-refractivity contribution in [1.82, 2.24) is 10.6 Å². The van der Waals surface area contributed by atoms with E-state index in [1.54, 1.807) is 0 Å². The third-order valence-corrected chi connectivity index (χ3v) is 2.13. The molecular weight excluding hydrogens is 220 g/mol. The minimum atomic E-state index is -0.435. The number of carbonyl (C=O) groups is 1. The van der Waals surface area contributed by atoms with Crippen LogP contribution in [-0.4, -0.2) is 44.0 Å². The highest BCUT2D eigenvalue weighted by atomic mass is 16.6. The fourth-order valence-corrected chi connectivity index (χ4v) is 1.22. The number of carbonyl (C=O) groups excluding carboxylic acids is 1. The number of rotatable bonds is 7. The van der Waals surface area contributed by atoms with Crippen LogP contribution in [0.25, 0.3) is 0 Å². The molecule has 1 amide bonds. The summed E-state index contributed by atoms with van der Waals surface area (Å²) in [7, 11) is 0. The first-order valence-electron chi connectivity index (χ1n) is 6.26. The minimum absolute atomic E-state index is 0.367. The van der Waals surface area contributed by atoms with Crippen molar-refractivity contribution >= 4 is 6.09 Å². The maximum absolute atomic E-state index is 11.3. The van der Waals surface area contributed by atoms with Gasteiger partial charge in [0.1, 0.15) is 5.60 Å². The molecule has 5 nitrogen and oxygen atoms in total. The number of amides is 1. The van der Waals surface area contributed by atoms with Crippen LogP contribution in [0.3, 0.4) is 0 Å². The van der Waals surface area contributed by atoms with E-state index in [9.17, 15) is 4.79 Å². The molecule has 1 saturated carbocycles. The van der Waals surface area contributed by atoms with Crippen LogP contribution in [0.1, 0.15) is 33.6 Å². The van der Waals surface area contributed by atoms with Gasteiger partial charge >= 0.3 is 6.09 Å². The summed E-state index contributed by atoms with van der Waals surface area (Å²) in [6.45, 7) is 8.41. The molecule has 1 aliphatic carbocycles. The van der Waals surface area contributed by atoms with Crippen LogP contribution < -0.4 is 10.6 Å². The fourth-order valence-electron chi connectivity index (χ4n) is 1.22. The Kier molecular flexibility index (Phi) is 5.71. The average Bonchev–Trinajstić information content (AvgIpc) is 2.97. The third-order valence-electron chi connectivity index (χ3n) is 2.13. The predicted octanol–water partition coefficient (Wildman–Crippen LogP) is 1.28. The van der Waals surface area contributed by atoms with Crippen molar-refractivity contribution in [3.05, 3.63) is 0 Å². The molecule has 0 aromatic rings. The van der Waals surface area contributed by atoms with Crippen LogP contribution in [0, 0.1) is 0 Å². The summed E-state index contributed by atoms with van der Waals surface area (Å²) >= 11 is 0. The van der Waals surface area contributed by atoms with E-state index in [4.69, 9.17) is 9.47 Å². The molecule has 5 heteroatoms. The normalized spacial score (nSPS) is 15.7. The highest BCUT2D eigenvalue weighted by molar-refractivity contribution is 5.67. The molecular formula is C12H24N2O3. The summed E-state index contributed by atoms with van der Waals surface area (Å²) in [6, 6.07) is 0. The number of hydrogen-bond acceptors (Lipinski definition) is 4. The van der Waals surface area contributed by atoms with Crippen molar-refractivity contribution in [3.63, 3.8) is 0 Å². The van der Waals surface area contributed by atoms with Gasteiger partial charge in [-0.25, -0.2) is 4.79 Å². The molecule has 2 N–H and O–H groups in total. The maximum Gasteiger partial charge on any atom is 0.407 e. The van der Waals surface area contributed by atoms with Crippen molar-refractivity contribution < 1.29 is 14.3 Å². The monoisotopic (exact) mass is 244 g/mol. The van der Waals surface area contributed by atoms with E-state index in [2.05, 4.69) is 10.6 Å². The summed E-state index contributed by atoms with van der Waals surface area (Å²) in [4.78, 5) is 11.3. The Balaban J connectivity index is 1.84. The van der Waals surface area contributed by atoms with Gasteiger partial charge in [0.05, 0.1) is 12.7 Å². The van der Waals surface area contributed by atoms with Gasteiger partial charge in [-0.15, -0.1) is 0 Å². The van der Waals surface area contributed by atoms with Crippen LogP contribution in [0.15, 0.2) is 0 Å². The lowest BCUT2D eigenvalue weighted by Crippen LogP contribution is -2.37. The quantitative estimate of drug-likeness (QED) is 0.662. The second-order valence-electron chi connectivity index (χ2n) is 5.25. The number of hydrogen-bond donors (Lipinski definition) is 2. The Morgan fingerprint density at radius 1 is 1.24 bits per heavy atom. The molecule has 100 valence electrons. The van der Waals surface area contributed by atoms with Crippen molar-refractivity contribution in [1.29, 1.82) is 0 Å². The zero-order chi connectivity index (χ0) is 12.7. The van der Waals surface area contributed by atoms with E-state index in [1.807, 2.05) is 20.8 Å². The van der Waals surface area contributed by atoms with Crippen molar-refractivity contribution in [3.8, 4) is 0 Å². The molecule has 0 aromatic heterocycles. The summed E-state index contributed by atoms with van der Waals surface area (Å²) in [6.07, 6.45) is 2.56. The Hall–Kier alpha value is -0.810. The largest absolute Gasteiger partial charge is 0.444 e. The van der Waals surface area contributed by atoms with Crippen LogP contribution in [0.4, 0.5) is 4.79 Å². The van der Waals surface area contributed by atoms with E-state index in [0.29, 0.717) is 12.6 Å². The molecule has 0 bridgehead atoms. The van der Waals surface area contributed by atoms with Gasteiger partial charge in [0, 0.05) is 19.6 Å². The summed E-state index contributed by atoms with van der Waals surface area (Å²) in [5, 5.41) is 5.88. The molecule has 0 atom stereocenters. The second-order valence-corrected chi connectivity index (χ2v) is 5.25. The van der Waals surface area contributed by atoms with Crippen LogP contribution in [0.2, 0.25) is 0 Å². The van der Waals surface area contributed by atoms with Gasteiger partial charge in [-0.2, -0.15) is 0 Å². The molecule has 0 aromatic carbocycles. The van der Waals surface area contributed by atoms with Gasteiger partial charge in [-0.05, 0) is 33.6 Å². The summed E-state index contributed by atoms with van der Waals surface area (Å²) < 4.78 is 10.6. The highest BCUT2D eigenvalue weighted by Crippen LogP contribution is 2.22. The standard InChI is InChI=1S/C12H24N2O3/c1-12(2,3)17-11(15)14-7-6-13-8-9-16-10-4-5-10/h10,13H,4-9H2,1-3H3,(H,14,15). The van der Waals surface area contributed by atoms with E-state index < -0.39 is 5.60 Å². The Bertz CT molecular complexity index is 234. The lowest BCUT2D eigenvalue weighted by molar-refractivity contribution is 0.0528. The smallest absolute Gasteiger partial charge is 0.407 e. The van der Waals surface area contributed by atoms with Crippen LogP contribution in [0.5, 0.6) is 0 Å². The number of alkyl carbamates (subject to hydrolysis) is 1. The molecule has 0 spiro atoms. The zero-order valence-electron chi connectivity index (χ0n) is 11.0. The molecule has 1 aliphatic rings. The first-order valence-corrected chi connectivity index (χ1v) is 6.26. The minimum Gasteiger partial charge on any atom is -0.444 e. The average molecular weight is 244 g/mol. The molecule has 0 aliphatic heterocycles. The topological polar surface area (TPSA) is 59.6 Å². The number of ether oxygens (including phenoxy) is 2. The van der Waals surface area contributed by atoms with Crippen molar-refractivity contribution in [2.75, 3.05) is 26.2 Å². The van der Waals surface area contributed by atoms with E-state index >= 15 is 0 Å². The molecule has 0 radical (unpaired) electrons. The number of nitrogens with one attached hydrogen (secondary N) is 2. The van der Waals surface area contributed by atoms with Crippen LogP contribution >= 0.6 is 0 Å². The van der Waals surface area contributed by atoms with Gasteiger partial charge in [0.2, 0.25) is 0 Å². The lowest BCUT2D eigenvalue weighted by Gasteiger charge is -2.19. The van der Waals surface area contributed by atoms with Gasteiger partial charge in [-0.3, -0.25) is 0 Å². The maximum atomic E-state index is 11.3. The molecule has 1 rings (SSSR count). The highest BCUT2D eigenvalue weighted by Gasteiger charge is 2.21. The second kappa shape index (κ2) is 6.81. The van der Waals surface area contributed by atoms with E-state index in [-0.39, 0.29) is 6.09 Å². The summed E-state index contributed by atoms with van der Waals surface area (Å²) in [5.41, 5.74) is -0.435.